The zero-order valence-corrected chi connectivity index (χ0v) is 13.8. The molecule has 0 N–H and O–H groups in total. The Labute approximate surface area is 137 Å². The summed E-state index contributed by atoms with van der Waals surface area (Å²) in [6.45, 7) is 1.87. The zero-order valence-electron chi connectivity index (χ0n) is 10.2. The lowest BCUT2D eigenvalue weighted by atomic mass is 10.1. The van der Waals surface area contributed by atoms with E-state index in [9.17, 15) is 4.39 Å². The van der Waals surface area contributed by atoms with E-state index in [-0.39, 0.29) is 11.0 Å². The zero-order chi connectivity index (χ0) is 14.4. The van der Waals surface area contributed by atoms with Crippen molar-refractivity contribution in [1.29, 1.82) is 0 Å². The van der Waals surface area contributed by atoms with Crippen molar-refractivity contribution in [1.82, 2.24) is 14.6 Å². The maximum absolute atomic E-state index is 13.0. The topological polar surface area (TPSA) is 30.2 Å². The molecule has 102 valence electrons. The van der Waals surface area contributed by atoms with Gasteiger partial charge in [-0.1, -0.05) is 35.3 Å². The summed E-state index contributed by atoms with van der Waals surface area (Å²) >= 11 is 14.8. The van der Waals surface area contributed by atoms with E-state index in [2.05, 4.69) is 32.7 Å². The summed E-state index contributed by atoms with van der Waals surface area (Å²) in [5.41, 5.74) is 2.68. The minimum atomic E-state index is -0.320. The van der Waals surface area contributed by atoms with Crippen LogP contribution in [0.3, 0.4) is 0 Å². The summed E-state index contributed by atoms with van der Waals surface area (Å²) in [7, 11) is 0. The second kappa shape index (κ2) is 5.13. The number of rotatable bonds is 1. The van der Waals surface area contributed by atoms with E-state index < -0.39 is 0 Å². The van der Waals surface area contributed by atoms with Gasteiger partial charge in [0.05, 0.1) is 14.8 Å². The molecule has 7 heteroatoms. The van der Waals surface area contributed by atoms with E-state index in [1.54, 1.807) is 16.6 Å². The van der Waals surface area contributed by atoms with Crippen LogP contribution in [0.2, 0.25) is 10.3 Å². The highest BCUT2D eigenvalue weighted by Crippen LogP contribution is 2.35. The lowest BCUT2D eigenvalue weighted by Gasteiger charge is -2.08. The summed E-state index contributed by atoms with van der Waals surface area (Å²) in [6.07, 6.45) is 0. The summed E-state index contributed by atoms with van der Waals surface area (Å²) < 4.78 is 15.5. The molecule has 1 aromatic carbocycles. The Kier molecular flexibility index (Phi) is 3.60. The van der Waals surface area contributed by atoms with Crippen LogP contribution < -0.4 is 0 Å². The highest BCUT2D eigenvalue weighted by atomic mass is 127. The van der Waals surface area contributed by atoms with E-state index in [0.717, 1.165) is 9.26 Å². The van der Waals surface area contributed by atoms with Gasteiger partial charge in [0.1, 0.15) is 16.1 Å². The second-order valence-electron chi connectivity index (χ2n) is 4.21. The van der Waals surface area contributed by atoms with Crippen LogP contribution in [0.15, 0.2) is 24.3 Å². The number of benzene rings is 1. The molecule has 0 fully saturated rings. The quantitative estimate of drug-likeness (QED) is 0.419. The Morgan fingerprint density at radius 1 is 1.20 bits per heavy atom. The van der Waals surface area contributed by atoms with Gasteiger partial charge in [-0.2, -0.15) is 5.10 Å². The number of nitrogens with zero attached hydrogens (tertiary/aromatic N) is 3. The molecule has 0 aliphatic rings. The first kappa shape index (κ1) is 14.0. The molecule has 0 atom stereocenters. The molecule has 3 aromatic rings. The van der Waals surface area contributed by atoms with Gasteiger partial charge in [-0.15, -0.1) is 0 Å². The Morgan fingerprint density at radius 2 is 1.85 bits per heavy atom. The fourth-order valence-corrected chi connectivity index (χ4v) is 3.02. The molecule has 0 aliphatic carbocycles. The van der Waals surface area contributed by atoms with Crippen molar-refractivity contribution in [3.05, 3.63) is 49.7 Å². The van der Waals surface area contributed by atoms with Crippen molar-refractivity contribution in [3.63, 3.8) is 0 Å². The van der Waals surface area contributed by atoms with Crippen LogP contribution in [0, 0.1) is 16.3 Å². The van der Waals surface area contributed by atoms with Crippen LogP contribution in [0.1, 0.15) is 5.69 Å². The molecule has 0 radical (unpaired) electrons. The minimum absolute atomic E-state index is 0.270. The lowest BCUT2D eigenvalue weighted by molar-refractivity contribution is 0.628. The molecule has 0 saturated heterocycles. The number of hydrogen-bond donors (Lipinski definition) is 0. The van der Waals surface area contributed by atoms with Gasteiger partial charge in [0.2, 0.25) is 0 Å². The minimum Gasteiger partial charge on any atom is -0.215 e. The van der Waals surface area contributed by atoms with Gasteiger partial charge in [0.15, 0.2) is 5.65 Å². The highest BCUT2D eigenvalue weighted by Gasteiger charge is 2.18. The van der Waals surface area contributed by atoms with E-state index in [1.165, 1.54) is 12.1 Å². The SMILES string of the molecule is Cc1nn2c(Cl)c(-c3ccc(F)cc3)c(Cl)nc2c1I. The van der Waals surface area contributed by atoms with Crippen molar-refractivity contribution >= 4 is 51.4 Å². The standard InChI is InChI=1S/C13H7Cl2FIN3/c1-6-10(17)13-18-11(14)9(12(15)20(13)19-6)7-2-4-8(16)5-3-7/h2-5H,1H3. The van der Waals surface area contributed by atoms with Gasteiger partial charge in [-0.05, 0) is 47.2 Å². The largest absolute Gasteiger partial charge is 0.215 e. The van der Waals surface area contributed by atoms with E-state index in [0.29, 0.717) is 21.9 Å². The summed E-state index contributed by atoms with van der Waals surface area (Å²) in [5.74, 6) is -0.320. The third kappa shape index (κ3) is 2.17. The van der Waals surface area contributed by atoms with Crippen molar-refractivity contribution in [2.45, 2.75) is 6.92 Å². The number of aryl methyl sites for hydroxylation is 1. The first-order valence-electron chi connectivity index (χ1n) is 5.65. The maximum Gasteiger partial charge on any atom is 0.172 e. The van der Waals surface area contributed by atoms with Gasteiger partial charge < -0.3 is 0 Å². The van der Waals surface area contributed by atoms with E-state index in [1.807, 2.05) is 6.92 Å². The number of aromatic nitrogens is 3. The molecule has 20 heavy (non-hydrogen) atoms. The van der Waals surface area contributed by atoms with E-state index >= 15 is 0 Å². The van der Waals surface area contributed by atoms with Crippen molar-refractivity contribution in [2.24, 2.45) is 0 Å². The molecule has 3 nitrogen and oxygen atoms in total. The molecular weight excluding hydrogens is 415 g/mol. The van der Waals surface area contributed by atoms with Crippen molar-refractivity contribution in [2.75, 3.05) is 0 Å². The van der Waals surface area contributed by atoms with Crippen molar-refractivity contribution in [3.8, 4) is 11.1 Å². The van der Waals surface area contributed by atoms with Crippen LogP contribution in [0.4, 0.5) is 4.39 Å². The van der Waals surface area contributed by atoms with Crippen LogP contribution in [0.25, 0.3) is 16.8 Å². The van der Waals surface area contributed by atoms with Gasteiger partial charge in [-0.3, -0.25) is 0 Å². The molecule has 0 spiro atoms. The molecule has 0 aliphatic heterocycles. The summed E-state index contributed by atoms with van der Waals surface area (Å²) in [4.78, 5) is 4.34. The Bertz CT molecular complexity index is 815. The van der Waals surface area contributed by atoms with Crippen LogP contribution >= 0.6 is 45.8 Å². The monoisotopic (exact) mass is 421 g/mol. The second-order valence-corrected chi connectivity index (χ2v) is 6.00. The van der Waals surface area contributed by atoms with Gasteiger partial charge >= 0.3 is 0 Å². The molecule has 0 unspecified atom stereocenters. The predicted octanol–water partition coefficient (Wildman–Crippen LogP) is 4.76. The molecule has 3 rings (SSSR count). The predicted molar refractivity (Wildman–Crippen MR) is 85.9 cm³/mol. The molecule has 0 saturated carbocycles. The smallest absolute Gasteiger partial charge is 0.172 e. The first-order chi connectivity index (χ1) is 9.49. The molecule has 2 aromatic heterocycles. The van der Waals surface area contributed by atoms with Gasteiger partial charge in [0.25, 0.3) is 0 Å². The fraction of sp³-hybridized carbons (Fsp3) is 0.0769. The molecule has 2 heterocycles. The number of hydrogen-bond acceptors (Lipinski definition) is 2. The average Bonchev–Trinajstić information content (AvgIpc) is 2.69. The van der Waals surface area contributed by atoms with Gasteiger partial charge in [0, 0.05) is 0 Å². The molecule has 0 amide bonds. The Balaban J connectivity index is 2.34. The number of halogens is 4. The molecule has 0 bridgehead atoms. The Morgan fingerprint density at radius 3 is 2.50 bits per heavy atom. The van der Waals surface area contributed by atoms with Crippen LogP contribution in [-0.4, -0.2) is 14.6 Å². The van der Waals surface area contributed by atoms with Crippen molar-refractivity contribution < 1.29 is 4.39 Å². The van der Waals surface area contributed by atoms with E-state index in [4.69, 9.17) is 23.2 Å². The average molecular weight is 422 g/mol. The van der Waals surface area contributed by atoms with Crippen LogP contribution in [0.5, 0.6) is 0 Å². The summed E-state index contributed by atoms with van der Waals surface area (Å²) in [5, 5.41) is 4.97. The van der Waals surface area contributed by atoms with Crippen LogP contribution in [-0.2, 0) is 0 Å². The lowest BCUT2D eigenvalue weighted by Crippen LogP contribution is -1.97. The third-order valence-electron chi connectivity index (χ3n) is 2.90. The first-order valence-corrected chi connectivity index (χ1v) is 7.48. The summed E-state index contributed by atoms with van der Waals surface area (Å²) in [6, 6.07) is 5.92. The Hall–Kier alpha value is -0.920. The number of fused-ring (bicyclic) bond motifs is 1. The fourth-order valence-electron chi connectivity index (χ4n) is 1.92. The van der Waals surface area contributed by atoms with Gasteiger partial charge in [-0.25, -0.2) is 13.9 Å². The normalized spacial score (nSPS) is 11.2. The maximum atomic E-state index is 13.0. The highest BCUT2D eigenvalue weighted by molar-refractivity contribution is 14.1. The third-order valence-corrected chi connectivity index (χ3v) is 4.79. The molecular formula is C13H7Cl2FIN3.